The van der Waals surface area contributed by atoms with Crippen LogP contribution in [0.25, 0.3) is 0 Å². The molecule has 1 aliphatic heterocycles. The highest BCUT2D eigenvalue weighted by Gasteiger charge is 2.27. The van der Waals surface area contributed by atoms with Crippen LogP contribution in [0.2, 0.25) is 5.02 Å². The number of hydrogen-bond donors (Lipinski definition) is 1. The van der Waals surface area contributed by atoms with Gasteiger partial charge in [0.25, 0.3) is 5.56 Å². The molecule has 2 heterocycles. The molecule has 4 nitrogen and oxygen atoms in total. The van der Waals surface area contributed by atoms with Gasteiger partial charge in [0.2, 0.25) is 0 Å². The smallest absolute Gasteiger partial charge is 0.250 e. The van der Waals surface area contributed by atoms with Gasteiger partial charge in [0, 0.05) is 37.8 Å². The van der Waals surface area contributed by atoms with Gasteiger partial charge in [-0.15, -0.1) is 0 Å². The molecule has 0 bridgehead atoms. The summed E-state index contributed by atoms with van der Waals surface area (Å²) in [5.74, 6) is -0.446. The summed E-state index contributed by atoms with van der Waals surface area (Å²) in [4.78, 5) is 11.9. The fourth-order valence-corrected chi connectivity index (χ4v) is 2.99. The van der Waals surface area contributed by atoms with Gasteiger partial charge in [-0.2, -0.15) is 0 Å². The second kappa shape index (κ2) is 7.25. The maximum atomic E-state index is 13.8. The second-order valence-electron chi connectivity index (χ2n) is 5.62. The van der Waals surface area contributed by atoms with Crippen molar-refractivity contribution in [2.75, 3.05) is 19.7 Å². The molecule has 0 radical (unpaired) electrons. The van der Waals surface area contributed by atoms with E-state index in [9.17, 15) is 9.18 Å². The number of halogens is 2. The Kier molecular flexibility index (Phi) is 5.10. The number of nitrogens with zero attached hydrogens (tertiary/aromatic N) is 1. The molecule has 122 valence electrons. The van der Waals surface area contributed by atoms with E-state index in [-0.39, 0.29) is 22.6 Å². The Hall–Kier alpha value is -1.69. The number of benzene rings is 1. The van der Waals surface area contributed by atoms with Gasteiger partial charge in [0.1, 0.15) is 5.82 Å². The lowest BCUT2D eigenvalue weighted by molar-refractivity contribution is 0.0249. The predicted molar refractivity (Wildman–Crippen MR) is 87.2 cm³/mol. The lowest BCUT2D eigenvalue weighted by atomic mass is 9.95. The van der Waals surface area contributed by atoms with E-state index in [1.807, 2.05) is 6.07 Å². The van der Waals surface area contributed by atoms with Crippen LogP contribution in [0.15, 0.2) is 47.4 Å². The number of nitrogens with one attached hydrogen (secondary N) is 1. The van der Waals surface area contributed by atoms with E-state index in [4.69, 9.17) is 16.3 Å². The first-order valence-corrected chi connectivity index (χ1v) is 7.95. The van der Waals surface area contributed by atoms with Gasteiger partial charge < -0.3 is 14.6 Å². The second-order valence-corrected chi connectivity index (χ2v) is 6.03. The molecule has 1 N–H and O–H groups in total. The summed E-state index contributed by atoms with van der Waals surface area (Å²) in [5, 5.41) is 3.40. The van der Waals surface area contributed by atoms with E-state index >= 15 is 0 Å². The lowest BCUT2D eigenvalue weighted by Gasteiger charge is -2.26. The lowest BCUT2D eigenvalue weighted by Crippen LogP contribution is -2.31. The van der Waals surface area contributed by atoms with Crippen LogP contribution in [0.4, 0.5) is 4.39 Å². The maximum Gasteiger partial charge on any atom is 0.250 e. The maximum absolute atomic E-state index is 13.8. The topological polar surface area (TPSA) is 43.3 Å². The Bertz CT molecular complexity index is 735. The number of aromatic nitrogens is 1. The van der Waals surface area contributed by atoms with Gasteiger partial charge in [-0.3, -0.25) is 4.79 Å². The van der Waals surface area contributed by atoms with E-state index < -0.39 is 5.82 Å². The Balaban J connectivity index is 1.89. The summed E-state index contributed by atoms with van der Waals surface area (Å²) < 4.78 is 21.4. The van der Waals surface area contributed by atoms with Crippen molar-refractivity contribution in [2.24, 2.45) is 5.92 Å². The number of hydrogen-bond acceptors (Lipinski definition) is 3. The van der Waals surface area contributed by atoms with Crippen LogP contribution in [0, 0.1) is 11.7 Å². The molecule has 23 heavy (non-hydrogen) atoms. The minimum Gasteiger partial charge on any atom is -0.372 e. The minimum atomic E-state index is -0.458. The fourth-order valence-electron chi connectivity index (χ4n) is 2.87. The zero-order valence-corrected chi connectivity index (χ0v) is 13.3. The van der Waals surface area contributed by atoms with Gasteiger partial charge in [0.15, 0.2) is 0 Å². The summed E-state index contributed by atoms with van der Waals surface area (Å²) in [6.45, 7) is 2.46. The van der Waals surface area contributed by atoms with Gasteiger partial charge in [0.05, 0.1) is 17.7 Å². The van der Waals surface area contributed by atoms with Gasteiger partial charge in [-0.1, -0.05) is 23.7 Å². The first-order valence-electron chi connectivity index (χ1n) is 7.58. The summed E-state index contributed by atoms with van der Waals surface area (Å²) in [6, 6.07) is 9.80. The summed E-state index contributed by atoms with van der Waals surface area (Å²) in [7, 11) is 0. The van der Waals surface area contributed by atoms with Crippen LogP contribution in [0.5, 0.6) is 0 Å². The van der Waals surface area contributed by atoms with E-state index in [1.54, 1.807) is 29.0 Å². The quantitative estimate of drug-likeness (QED) is 0.937. The Morgan fingerprint density at radius 2 is 2.22 bits per heavy atom. The van der Waals surface area contributed by atoms with Crippen molar-refractivity contribution in [1.82, 2.24) is 9.88 Å². The average Bonchev–Trinajstić information content (AvgIpc) is 2.78. The molecule has 3 rings (SSSR count). The molecule has 2 atom stereocenters. The SMILES string of the molecule is O=c1ccccn1CC1CNCCOC1c1ccc(Cl)c(F)c1. The van der Waals surface area contributed by atoms with E-state index in [2.05, 4.69) is 5.32 Å². The summed E-state index contributed by atoms with van der Waals surface area (Å²) in [6.07, 6.45) is 1.47. The van der Waals surface area contributed by atoms with Crippen LogP contribution in [-0.4, -0.2) is 24.3 Å². The molecule has 1 fully saturated rings. The monoisotopic (exact) mass is 336 g/mol. The normalized spacial score (nSPS) is 21.8. The van der Waals surface area contributed by atoms with Crippen LogP contribution in [0.1, 0.15) is 11.7 Å². The Labute approximate surface area is 138 Å². The molecule has 0 spiro atoms. The van der Waals surface area contributed by atoms with Crippen LogP contribution >= 0.6 is 11.6 Å². The Morgan fingerprint density at radius 3 is 3.00 bits per heavy atom. The van der Waals surface area contributed by atoms with Gasteiger partial charge >= 0.3 is 0 Å². The molecule has 1 saturated heterocycles. The molecule has 2 unspecified atom stereocenters. The van der Waals surface area contributed by atoms with Crippen molar-refractivity contribution in [3.8, 4) is 0 Å². The van der Waals surface area contributed by atoms with Crippen molar-refractivity contribution in [3.63, 3.8) is 0 Å². The van der Waals surface area contributed by atoms with E-state index in [0.29, 0.717) is 19.7 Å². The zero-order valence-electron chi connectivity index (χ0n) is 12.5. The molecule has 0 amide bonds. The summed E-state index contributed by atoms with van der Waals surface area (Å²) >= 11 is 5.77. The van der Waals surface area contributed by atoms with Crippen molar-refractivity contribution < 1.29 is 9.13 Å². The van der Waals surface area contributed by atoms with E-state index in [0.717, 1.165) is 12.1 Å². The molecule has 1 aliphatic rings. The molecular formula is C17H18ClFN2O2. The highest BCUT2D eigenvalue weighted by atomic mass is 35.5. The van der Waals surface area contributed by atoms with Crippen molar-refractivity contribution in [2.45, 2.75) is 12.6 Å². The number of pyridine rings is 1. The third-order valence-electron chi connectivity index (χ3n) is 4.01. The van der Waals surface area contributed by atoms with Crippen molar-refractivity contribution in [3.05, 3.63) is 69.4 Å². The van der Waals surface area contributed by atoms with Crippen LogP contribution in [-0.2, 0) is 11.3 Å². The van der Waals surface area contributed by atoms with Gasteiger partial charge in [-0.05, 0) is 23.8 Å². The van der Waals surface area contributed by atoms with Crippen LogP contribution in [0.3, 0.4) is 0 Å². The molecule has 2 aromatic rings. The van der Waals surface area contributed by atoms with Crippen molar-refractivity contribution >= 4 is 11.6 Å². The van der Waals surface area contributed by atoms with Crippen LogP contribution < -0.4 is 10.9 Å². The number of ether oxygens (including phenoxy) is 1. The molecule has 0 saturated carbocycles. The number of rotatable bonds is 3. The van der Waals surface area contributed by atoms with Gasteiger partial charge in [-0.25, -0.2) is 4.39 Å². The third-order valence-corrected chi connectivity index (χ3v) is 4.32. The summed E-state index contributed by atoms with van der Waals surface area (Å²) in [5.41, 5.74) is 0.683. The molecule has 1 aromatic heterocycles. The average molecular weight is 337 g/mol. The van der Waals surface area contributed by atoms with Crippen molar-refractivity contribution in [1.29, 1.82) is 0 Å². The third kappa shape index (κ3) is 3.80. The Morgan fingerprint density at radius 1 is 1.35 bits per heavy atom. The standard InChI is InChI=1S/C17H18ClFN2O2/c18-14-5-4-12(9-15(14)19)17-13(10-20-6-8-23-17)11-21-7-2-1-3-16(21)22/h1-5,7,9,13,17,20H,6,8,10-11H2. The minimum absolute atomic E-state index is 0.0122. The highest BCUT2D eigenvalue weighted by molar-refractivity contribution is 6.30. The largest absolute Gasteiger partial charge is 0.372 e. The fraction of sp³-hybridized carbons (Fsp3) is 0.353. The van der Waals surface area contributed by atoms with E-state index in [1.165, 1.54) is 12.1 Å². The molecule has 0 aliphatic carbocycles. The first-order chi connectivity index (χ1) is 11.1. The first kappa shape index (κ1) is 16.2. The molecule has 6 heteroatoms. The highest BCUT2D eigenvalue weighted by Crippen LogP contribution is 2.30. The molecule has 1 aromatic carbocycles. The zero-order chi connectivity index (χ0) is 16.2. The predicted octanol–water partition coefficient (Wildman–Crippen LogP) is 2.62. The molecular weight excluding hydrogens is 319 g/mol.